The van der Waals surface area contributed by atoms with E-state index in [0.717, 1.165) is 0 Å². The van der Waals surface area contributed by atoms with Gasteiger partial charge in [0, 0.05) is 0 Å². The van der Waals surface area contributed by atoms with Crippen molar-refractivity contribution in [1.29, 1.82) is 0 Å². The fraction of sp³-hybridized carbons (Fsp3) is 0.364. The largest absolute Gasteiger partial charge is 0.465 e. The molecule has 0 aromatic carbocycles. The fourth-order valence-electron chi connectivity index (χ4n) is 1.74. The van der Waals surface area contributed by atoms with Crippen molar-refractivity contribution in [2.24, 2.45) is 5.73 Å². The summed E-state index contributed by atoms with van der Waals surface area (Å²) in [5.74, 6) is -1.57. The van der Waals surface area contributed by atoms with Crippen LogP contribution < -0.4 is 5.73 Å². The molecule has 3 N–H and O–H groups in total. The molecular weight excluding hydrogens is 312 g/mol. The molecule has 0 aliphatic rings. The van der Waals surface area contributed by atoms with E-state index in [1.807, 2.05) is 0 Å². The number of Topliss-reactive ketones (excluding diaryl/α,β-unsaturated/α-hetero) is 2. The van der Waals surface area contributed by atoms with E-state index >= 15 is 0 Å². The number of nitrogens with two attached hydrogens (primary N) is 1. The molecule has 0 spiro atoms. The maximum Gasteiger partial charge on any atom is 0.409 e. The number of aryl methyl sites for hydroxylation is 2. The zero-order chi connectivity index (χ0) is 17.1. The second-order valence-corrected chi connectivity index (χ2v) is 4.54. The molecule has 12 nitrogen and oxygen atoms in total. The fourth-order valence-corrected chi connectivity index (χ4v) is 1.74. The minimum atomic E-state index is -1.66. The standard InChI is InChI=1S/C11H12N6O6/c1-4-7(15-22-13-4)6(18)3-17(11(20)21)10(12)9(19)8-5(2)14-23-16-8/h10H,3,12H2,1-2H3,(H,20,21). The molecule has 0 saturated carbocycles. The van der Waals surface area contributed by atoms with Gasteiger partial charge in [0.25, 0.3) is 0 Å². The van der Waals surface area contributed by atoms with E-state index in [2.05, 4.69) is 29.9 Å². The van der Waals surface area contributed by atoms with Gasteiger partial charge >= 0.3 is 6.09 Å². The Morgan fingerprint density at radius 2 is 1.61 bits per heavy atom. The zero-order valence-electron chi connectivity index (χ0n) is 12.1. The molecule has 23 heavy (non-hydrogen) atoms. The highest BCUT2D eigenvalue weighted by Gasteiger charge is 2.33. The Morgan fingerprint density at radius 1 is 1.09 bits per heavy atom. The van der Waals surface area contributed by atoms with Crippen LogP contribution in [0.5, 0.6) is 0 Å². The normalized spacial score (nSPS) is 12.0. The van der Waals surface area contributed by atoms with Crippen molar-refractivity contribution in [3.63, 3.8) is 0 Å². The van der Waals surface area contributed by atoms with Gasteiger partial charge in [0.15, 0.2) is 11.4 Å². The first-order valence-electron chi connectivity index (χ1n) is 6.23. The van der Waals surface area contributed by atoms with Gasteiger partial charge in [-0.25, -0.2) is 14.1 Å². The first-order valence-corrected chi connectivity index (χ1v) is 6.23. The molecule has 12 heteroatoms. The van der Waals surface area contributed by atoms with E-state index in [1.54, 1.807) is 0 Å². The number of aromatic nitrogens is 4. The molecule has 1 atom stereocenters. The number of hydrogen-bond acceptors (Lipinski definition) is 10. The highest BCUT2D eigenvalue weighted by Crippen LogP contribution is 2.10. The summed E-state index contributed by atoms with van der Waals surface area (Å²) < 4.78 is 8.75. The van der Waals surface area contributed by atoms with E-state index in [4.69, 9.17) is 5.73 Å². The van der Waals surface area contributed by atoms with Crippen LogP contribution in [0.1, 0.15) is 32.4 Å². The van der Waals surface area contributed by atoms with Crippen LogP contribution in [0, 0.1) is 13.8 Å². The van der Waals surface area contributed by atoms with Crippen molar-refractivity contribution in [2.45, 2.75) is 20.0 Å². The Labute approximate surface area is 128 Å². The first-order chi connectivity index (χ1) is 10.8. The Balaban J connectivity index is 2.20. The van der Waals surface area contributed by atoms with Crippen molar-refractivity contribution < 1.29 is 28.7 Å². The molecule has 0 fully saturated rings. The SMILES string of the molecule is Cc1nonc1C(=O)CN(C(=O)O)C(N)C(=O)c1nonc1C. The lowest BCUT2D eigenvalue weighted by Gasteiger charge is -2.23. The van der Waals surface area contributed by atoms with Crippen LogP contribution in [0.25, 0.3) is 0 Å². The van der Waals surface area contributed by atoms with Gasteiger partial charge in [-0.15, -0.1) is 0 Å². The third-order valence-corrected chi connectivity index (χ3v) is 2.97. The lowest BCUT2D eigenvalue weighted by Crippen LogP contribution is -2.52. The average molecular weight is 324 g/mol. The minimum Gasteiger partial charge on any atom is -0.465 e. The van der Waals surface area contributed by atoms with Gasteiger partial charge in [0.05, 0.1) is 6.54 Å². The van der Waals surface area contributed by atoms with Gasteiger partial charge in [-0.2, -0.15) is 0 Å². The molecule has 122 valence electrons. The van der Waals surface area contributed by atoms with Crippen molar-refractivity contribution in [3.8, 4) is 0 Å². The molecule has 0 aliphatic carbocycles. The number of carbonyl (C=O) groups excluding carboxylic acids is 2. The van der Waals surface area contributed by atoms with Crippen LogP contribution in [0.2, 0.25) is 0 Å². The van der Waals surface area contributed by atoms with Gasteiger partial charge in [-0.1, -0.05) is 10.3 Å². The number of carbonyl (C=O) groups is 3. The van der Waals surface area contributed by atoms with Gasteiger partial charge in [-0.3, -0.25) is 14.5 Å². The predicted octanol–water partition coefficient (Wildman–Crippen LogP) is -0.600. The molecule has 0 radical (unpaired) electrons. The molecule has 2 aromatic rings. The van der Waals surface area contributed by atoms with Crippen LogP contribution in [0.4, 0.5) is 4.79 Å². The van der Waals surface area contributed by atoms with Crippen LogP contribution in [0.15, 0.2) is 9.26 Å². The summed E-state index contributed by atoms with van der Waals surface area (Å²) in [5, 5.41) is 22.8. The zero-order valence-corrected chi connectivity index (χ0v) is 12.1. The second kappa shape index (κ2) is 6.31. The molecule has 1 unspecified atom stereocenters. The van der Waals surface area contributed by atoms with Crippen LogP contribution in [0.3, 0.4) is 0 Å². The topological polar surface area (TPSA) is 179 Å². The smallest absolute Gasteiger partial charge is 0.409 e. The Kier molecular flexibility index (Phi) is 4.45. The summed E-state index contributed by atoms with van der Waals surface area (Å²) in [6.45, 7) is 2.20. The Hall–Kier alpha value is -3.15. The van der Waals surface area contributed by atoms with E-state index in [1.165, 1.54) is 13.8 Å². The number of amides is 1. The molecule has 1 amide bonds. The van der Waals surface area contributed by atoms with Gasteiger partial charge in [-0.05, 0) is 24.2 Å². The molecule has 0 saturated heterocycles. The highest BCUT2D eigenvalue weighted by atomic mass is 16.6. The van der Waals surface area contributed by atoms with Crippen molar-refractivity contribution in [2.75, 3.05) is 6.54 Å². The quantitative estimate of drug-likeness (QED) is 0.511. The van der Waals surface area contributed by atoms with Gasteiger partial charge < -0.3 is 10.8 Å². The molecule has 2 heterocycles. The van der Waals surface area contributed by atoms with Crippen LogP contribution in [-0.2, 0) is 0 Å². The van der Waals surface area contributed by atoms with Crippen molar-refractivity contribution in [3.05, 3.63) is 22.8 Å². The third kappa shape index (κ3) is 3.21. The lowest BCUT2D eigenvalue weighted by molar-refractivity contribution is 0.0732. The number of ketones is 2. The van der Waals surface area contributed by atoms with E-state index in [9.17, 15) is 19.5 Å². The van der Waals surface area contributed by atoms with Crippen LogP contribution in [-0.4, -0.2) is 61.0 Å². The van der Waals surface area contributed by atoms with E-state index < -0.39 is 30.4 Å². The number of carboxylic acid groups (broad SMARTS) is 1. The number of rotatable bonds is 6. The molecule has 2 rings (SSSR count). The third-order valence-electron chi connectivity index (χ3n) is 2.97. The van der Waals surface area contributed by atoms with Crippen molar-refractivity contribution >= 4 is 17.7 Å². The van der Waals surface area contributed by atoms with E-state index in [0.29, 0.717) is 4.90 Å². The van der Waals surface area contributed by atoms with Crippen LogP contribution >= 0.6 is 0 Å². The molecular formula is C11H12N6O6. The van der Waals surface area contributed by atoms with E-state index in [-0.39, 0.29) is 22.8 Å². The van der Waals surface area contributed by atoms with Gasteiger partial charge in [0.1, 0.15) is 17.6 Å². The maximum absolute atomic E-state index is 12.2. The maximum atomic E-state index is 12.2. The Morgan fingerprint density at radius 3 is 2.04 bits per heavy atom. The second-order valence-electron chi connectivity index (χ2n) is 4.54. The lowest BCUT2D eigenvalue weighted by atomic mass is 10.1. The number of nitrogens with zero attached hydrogens (tertiary/aromatic N) is 5. The summed E-state index contributed by atoms with van der Waals surface area (Å²) in [5.41, 5.74) is 5.62. The Bertz CT molecular complexity index is 752. The molecule has 2 aromatic heterocycles. The summed E-state index contributed by atoms with van der Waals surface area (Å²) in [7, 11) is 0. The number of hydrogen-bond donors (Lipinski definition) is 2. The highest BCUT2D eigenvalue weighted by molar-refractivity contribution is 6.02. The summed E-state index contributed by atoms with van der Waals surface area (Å²) in [4.78, 5) is 36.0. The summed E-state index contributed by atoms with van der Waals surface area (Å²) in [6.07, 6.45) is -3.23. The minimum absolute atomic E-state index is 0.143. The predicted molar refractivity (Wildman–Crippen MR) is 69.4 cm³/mol. The summed E-state index contributed by atoms with van der Waals surface area (Å²) in [6, 6.07) is 0. The summed E-state index contributed by atoms with van der Waals surface area (Å²) >= 11 is 0. The average Bonchev–Trinajstić information content (AvgIpc) is 3.11. The first kappa shape index (κ1) is 16.2. The van der Waals surface area contributed by atoms with Gasteiger partial charge in [0.2, 0.25) is 11.6 Å². The monoisotopic (exact) mass is 324 g/mol. The van der Waals surface area contributed by atoms with Crippen molar-refractivity contribution in [1.82, 2.24) is 25.5 Å². The molecule has 0 bridgehead atoms. The molecule has 0 aliphatic heterocycles.